The zero-order valence-corrected chi connectivity index (χ0v) is 8.36. The standard InChI is InChI=1S/C10H14O4/c1-3-8-14-10(12)7-5-4-6-9(11)13-2/h4-7H,3,8H2,1-2H3/b6-4+,7-5+. The number of carbonyl (C=O) groups is 2. The summed E-state index contributed by atoms with van der Waals surface area (Å²) >= 11 is 0. The van der Waals surface area contributed by atoms with Crippen LogP contribution in [0.15, 0.2) is 24.3 Å². The molecule has 78 valence electrons. The van der Waals surface area contributed by atoms with Crippen LogP contribution in [0.4, 0.5) is 0 Å². The molecule has 0 bridgehead atoms. The molecular weight excluding hydrogens is 184 g/mol. The van der Waals surface area contributed by atoms with E-state index in [2.05, 4.69) is 4.74 Å². The molecule has 0 rings (SSSR count). The van der Waals surface area contributed by atoms with E-state index in [0.717, 1.165) is 6.42 Å². The van der Waals surface area contributed by atoms with E-state index in [9.17, 15) is 9.59 Å². The SMILES string of the molecule is CCCOC(=O)/C=C/C=C/C(=O)OC. The van der Waals surface area contributed by atoms with Gasteiger partial charge in [0.15, 0.2) is 0 Å². The highest BCUT2D eigenvalue weighted by atomic mass is 16.5. The second-order valence-electron chi connectivity index (χ2n) is 2.41. The van der Waals surface area contributed by atoms with Gasteiger partial charge in [-0.1, -0.05) is 19.1 Å². The lowest BCUT2D eigenvalue weighted by molar-refractivity contribution is -0.138. The van der Waals surface area contributed by atoms with Gasteiger partial charge in [-0.3, -0.25) is 0 Å². The topological polar surface area (TPSA) is 52.6 Å². The fourth-order valence-electron chi connectivity index (χ4n) is 0.587. The molecule has 0 amide bonds. The molecule has 4 nitrogen and oxygen atoms in total. The predicted molar refractivity (Wildman–Crippen MR) is 51.5 cm³/mol. The predicted octanol–water partition coefficient (Wildman–Crippen LogP) is 1.22. The van der Waals surface area contributed by atoms with Crippen LogP contribution in [0.1, 0.15) is 13.3 Å². The van der Waals surface area contributed by atoms with Crippen LogP contribution in [0.3, 0.4) is 0 Å². The first-order valence-corrected chi connectivity index (χ1v) is 4.30. The molecule has 4 heteroatoms. The lowest BCUT2D eigenvalue weighted by Crippen LogP contribution is -2.00. The molecule has 0 aromatic rings. The zero-order valence-electron chi connectivity index (χ0n) is 8.36. The minimum absolute atomic E-state index is 0.407. The third-order valence-corrected chi connectivity index (χ3v) is 1.23. The van der Waals surface area contributed by atoms with Crippen LogP contribution in [-0.4, -0.2) is 25.7 Å². The minimum Gasteiger partial charge on any atom is -0.466 e. The van der Waals surface area contributed by atoms with Gasteiger partial charge in [-0.05, 0) is 6.42 Å². The average molecular weight is 198 g/mol. The third kappa shape index (κ3) is 7.09. The van der Waals surface area contributed by atoms with E-state index >= 15 is 0 Å². The van der Waals surface area contributed by atoms with Gasteiger partial charge in [0.05, 0.1) is 13.7 Å². The van der Waals surface area contributed by atoms with Gasteiger partial charge in [-0.2, -0.15) is 0 Å². The van der Waals surface area contributed by atoms with Crippen LogP contribution in [0, 0.1) is 0 Å². The van der Waals surface area contributed by atoms with Crippen LogP contribution in [-0.2, 0) is 19.1 Å². The summed E-state index contributed by atoms with van der Waals surface area (Å²) in [5, 5.41) is 0. The monoisotopic (exact) mass is 198 g/mol. The van der Waals surface area contributed by atoms with Crippen molar-refractivity contribution in [2.45, 2.75) is 13.3 Å². The van der Waals surface area contributed by atoms with Crippen molar-refractivity contribution in [2.75, 3.05) is 13.7 Å². The largest absolute Gasteiger partial charge is 0.466 e. The fraction of sp³-hybridized carbons (Fsp3) is 0.400. The Balaban J connectivity index is 3.76. The Labute approximate surface area is 83.2 Å². The lowest BCUT2D eigenvalue weighted by atomic mass is 10.4. The number of carbonyl (C=O) groups excluding carboxylic acids is 2. The summed E-state index contributed by atoms with van der Waals surface area (Å²) in [5.41, 5.74) is 0. The Kier molecular flexibility index (Phi) is 7.13. The molecule has 0 aliphatic rings. The van der Waals surface area contributed by atoms with Crippen molar-refractivity contribution in [2.24, 2.45) is 0 Å². The van der Waals surface area contributed by atoms with Gasteiger partial charge in [0.2, 0.25) is 0 Å². The molecule has 0 saturated heterocycles. The third-order valence-electron chi connectivity index (χ3n) is 1.23. The van der Waals surface area contributed by atoms with E-state index in [0.29, 0.717) is 6.61 Å². The smallest absolute Gasteiger partial charge is 0.330 e. The van der Waals surface area contributed by atoms with Crippen molar-refractivity contribution in [3.63, 3.8) is 0 Å². The number of hydrogen-bond acceptors (Lipinski definition) is 4. The van der Waals surface area contributed by atoms with Crippen LogP contribution in [0.2, 0.25) is 0 Å². The highest BCUT2D eigenvalue weighted by molar-refractivity contribution is 5.84. The Morgan fingerprint density at radius 2 is 1.71 bits per heavy atom. The number of rotatable bonds is 5. The van der Waals surface area contributed by atoms with Crippen molar-refractivity contribution in [3.8, 4) is 0 Å². The highest BCUT2D eigenvalue weighted by Gasteiger charge is 1.92. The van der Waals surface area contributed by atoms with E-state index < -0.39 is 11.9 Å². The molecule has 0 aromatic heterocycles. The number of methoxy groups -OCH3 is 1. The maximum atomic E-state index is 10.9. The highest BCUT2D eigenvalue weighted by Crippen LogP contribution is 1.86. The molecule has 0 atom stereocenters. The Morgan fingerprint density at radius 3 is 2.21 bits per heavy atom. The van der Waals surface area contributed by atoms with Crippen LogP contribution in [0.5, 0.6) is 0 Å². The Hall–Kier alpha value is -1.58. The lowest BCUT2D eigenvalue weighted by Gasteiger charge is -1.95. The molecular formula is C10H14O4. The van der Waals surface area contributed by atoms with Gasteiger partial charge in [0, 0.05) is 12.2 Å². The van der Waals surface area contributed by atoms with Gasteiger partial charge < -0.3 is 9.47 Å². The van der Waals surface area contributed by atoms with Crippen molar-refractivity contribution in [3.05, 3.63) is 24.3 Å². The fourth-order valence-corrected chi connectivity index (χ4v) is 0.587. The van der Waals surface area contributed by atoms with Crippen LogP contribution in [0.25, 0.3) is 0 Å². The van der Waals surface area contributed by atoms with Gasteiger partial charge in [0.1, 0.15) is 0 Å². The average Bonchev–Trinajstić information content (AvgIpc) is 2.21. The van der Waals surface area contributed by atoms with Gasteiger partial charge in [0.25, 0.3) is 0 Å². The molecule has 0 aromatic carbocycles. The van der Waals surface area contributed by atoms with Crippen molar-refractivity contribution in [1.29, 1.82) is 0 Å². The summed E-state index contributed by atoms with van der Waals surface area (Å²) in [7, 11) is 1.28. The molecule has 0 saturated carbocycles. The maximum absolute atomic E-state index is 10.9. The molecule has 14 heavy (non-hydrogen) atoms. The molecule has 0 radical (unpaired) electrons. The molecule has 0 spiro atoms. The Morgan fingerprint density at radius 1 is 1.14 bits per heavy atom. The molecule has 0 aliphatic carbocycles. The number of allylic oxidation sites excluding steroid dienone is 2. The number of ether oxygens (including phenoxy) is 2. The first kappa shape index (κ1) is 12.4. The van der Waals surface area contributed by atoms with E-state index in [4.69, 9.17) is 4.74 Å². The number of esters is 2. The summed E-state index contributed by atoms with van der Waals surface area (Å²) in [6.07, 6.45) is 6.09. The van der Waals surface area contributed by atoms with Gasteiger partial charge in [-0.15, -0.1) is 0 Å². The van der Waals surface area contributed by atoms with Crippen molar-refractivity contribution >= 4 is 11.9 Å². The molecule has 0 N–H and O–H groups in total. The molecule has 0 aliphatic heterocycles. The summed E-state index contributed by atoms with van der Waals surface area (Å²) in [5.74, 6) is -0.877. The first-order chi connectivity index (χ1) is 6.70. The molecule has 0 unspecified atom stereocenters. The zero-order chi connectivity index (χ0) is 10.8. The Bertz CT molecular complexity index is 241. The second kappa shape index (κ2) is 8.04. The van der Waals surface area contributed by atoms with E-state index in [-0.39, 0.29) is 0 Å². The summed E-state index contributed by atoms with van der Waals surface area (Å²) in [4.78, 5) is 21.4. The van der Waals surface area contributed by atoms with E-state index in [1.54, 1.807) is 0 Å². The molecule has 0 fully saturated rings. The summed E-state index contributed by atoms with van der Waals surface area (Å²) in [6, 6.07) is 0. The van der Waals surface area contributed by atoms with Crippen molar-refractivity contribution < 1.29 is 19.1 Å². The quantitative estimate of drug-likeness (QED) is 0.378. The minimum atomic E-state index is -0.462. The second-order valence-corrected chi connectivity index (χ2v) is 2.41. The normalized spacial score (nSPS) is 10.7. The summed E-state index contributed by atoms with van der Waals surface area (Å²) < 4.78 is 9.10. The molecule has 0 heterocycles. The number of hydrogen-bond donors (Lipinski definition) is 0. The van der Waals surface area contributed by atoms with E-state index in [1.165, 1.54) is 31.4 Å². The summed E-state index contributed by atoms with van der Waals surface area (Å²) in [6.45, 7) is 2.32. The first-order valence-electron chi connectivity index (χ1n) is 4.30. The van der Waals surface area contributed by atoms with Crippen molar-refractivity contribution in [1.82, 2.24) is 0 Å². The maximum Gasteiger partial charge on any atom is 0.330 e. The van der Waals surface area contributed by atoms with Crippen LogP contribution < -0.4 is 0 Å². The van der Waals surface area contributed by atoms with Gasteiger partial charge in [-0.25, -0.2) is 9.59 Å². The van der Waals surface area contributed by atoms with Crippen LogP contribution >= 0.6 is 0 Å². The van der Waals surface area contributed by atoms with Gasteiger partial charge >= 0.3 is 11.9 Å². The van der Waals surface area contributed by atoms with E-state index in [1.807, 2.05) is 6.92 Å².